The van der Waals surface area contributed by atoms with Crippen LogP contribution in [0.5, 0.6) is 0 Å². The molecule has 2 aliphatic carbocycles. The SMILES string of the molecule is CCC1CCC(N(C(=O)c2ccc(=O)n(Cc3ccccc3)n2)C2CC2)CC1. The molecule has 0 radical (unpaired) electrons. The van der Waals surface area contributed by atoms with Gasteiger partial charge in [-0.3, -0.25) is 9.59 Å². The van der Waals surface area contributed by atoms with Crippen molar-refractivity contribution in [3.63, 3.8) is 0 Å². The Morgan fingerprint density at radius 2 is 1.64 bits per heavy atom. The molecule has 0 N–H and O–H groups in total. The third-order valence-electron chi connectivity index (χ3n) is 6.22. The van der Waals surface area contributed by atoms with Crippen molar-refractivity contribution in [2.75, 3.05) is 0 Å². The van der Waals surface area contributed by atoms with Crippen molar-refractivity contribution >= 4 is 5.91 Å². The Morgan fingerprint density at radius 3 is 2.25 bits per heavy atom. The van der Waals surface area contributed by atoms with Gasteiger partial charge in [0.25, 0.3) is 11.5 Å². The van der Waals surface area contributed by atoms with Crippen LogP contribution in [0.25, 0.3) is 0 Å². The molecule has 4 rings (SSSR count). The fourth-order valence-electron chi connectivity index (χ4n) is 4.38. The summed E-state index contributed by atoms with van der Waals surface area (Å²) in [7, 11) is 0. The number of benzene rings is 1. The molecule has 2 fully saturated rings. The number of rotatable bonds is 6. The molecule has 2 aromatic rings. The largest absolute Gasteiger partial charge is 0.331 e. The van der Waals surface area contributed by atoms with Crippen molar-refractivity contribution in [2.45, 2.75) is 70.5 Å². The number of carbonyl (C=O) groups is 1. The first-order valence-corrected chi connectivity index (χ1v) is 10.6. The summed E-state index contributed by atoms with van der Waals surface area (Å²) in [6.45, 7) is 2.64. The fourth-order valence-corrected chi connectivity index (χ4v) is 4.38. The molecular formula is C23H29N3O2. The minimum Gasteiger partial charge on any atom is -0.331 e. The average Bonchev–Trinajstić information content (AvgIpc) is 3.56. The average molecular weight is 380 g/mol. The molecule has 2 saturated carbocycles. The van der Waals surface area contributed by atoms with Crippen LogP contribution in [-0.4, -0.2) is 32.7 Å². The number of hydrogen-bond donors (Lipinski definition) is 0. The van der Waals surface area contributed by atoms with Gasteiger partial charge in [0.2, 0.25) is 0 Å². The summed E-state index contributed by atoms with van der Waals surface area (Å²) in [4.78, 5) is 27.7. The summed E-state index contributed by atoms with van der Waals surface area (Å²) < 4.78 is 1.40. The number of carbonyl (C=O) groups excluding carboxylic acids is 1. The second kappa shape index (κ2) is 8.29. The number of amides is 1. The van der Waals surface area contributed by atoms with Crippen molar-refractivity contribution in [1.29, 1.82) is 0 Å². The Balaban J connectivity index is 1.54. The molecule has 0 unspecified atom stereocenters. The zero-order valence-electron chi connectivity index (χ0n) is 16.6. The number of hydrogen-bond acceptors (Lipinski definition) is 3. The van der Waals surface area contributed by atoms with Gasteiger partial charge in [-0.1, -0.05) is 43.7 Å². The Kier molecular flexibility index (Phi) is 5.60. The van der Waals surface area contributed by atoms with E-state index in [0.717, 1.165) is 37.2 Å². The molecule has 0 spiro atoms. The van der Waals surface area contributed by atoms with E-state index in [2.05, 4.69) is 16.9 Å². The van der Waals surface area contributed by atoms with Crippen molar-refractivity contribution in [1.82, 2.24) is 14.7 Å². The molecular weight excluding hydrogens is 350 g/mol. The van der Waals surface area contributed by atoms with E-state index in [0.29, 0.717) is 24.3 Å². The van der Waals surface area contributed by atoms with Gasteiger partial charge in [-0.15, -0.1) is 0 Å². The van der Waals surface area contributed by atoms with Crippen molar-refractivity contribution in [3.05, 3.63) is 64.1 Å². The standard InChI is InChI=1S/C23H29N3O2/c1-2-17-8-10-19(11-9-17)26(20-12-13-20)23(28)21-14-15-22(27)25(24-21)16-18-6-4-3-5-7-18/h3-7,14-15,17,19-20H,2,8-13,16H2,1H3. The minimum atomic E-state index is -0.179. The predicted octanol–water partition coefficient (Wildman–Crippen LogP) is 3.87. The molecule has 0 saturated heterocycles. The zero-order chi connectivity index (χ0) is 19.5. The summed E-state index contributed by atoms with van der Waals surface area (Å²) in [6.07, 6.45) is 7.99. The Morgan fingerprint density at radius 1 is 1.00 bits per heavy atom. The molecule has 1 aromatic heterocycles. The third-order valence-corrected chi connectivity index (χ3v) is 6.22. The smallest absolute Gasteiger partial charge is 0.274 e. The minimum absolute atomic E-state index is 0.00994. The van der Waals surface area contributed by atoms with Gasteiger partial charge in [0.1, 0.15) is 5.69 Å². The molecule has 28 heavy (non-hydrogen) atoms. The molecule has 5 heteroatoms. The lowest BCUT2D eigenvalue weighted by atomic mass is 9.83. The van der Waals surface area contributed by atoms with Gasteiger partial charge in [0.15, 0.2) is 0 Å². The highest BCUT2D eigenvalue weighted by Gasteiger charge is 2.39. The molecule has 2 aliphatic rings. The Bertz CT molecular complexity index is 865. The molecule has 148 valence electrons. The van der Waals surface area contributed by atoms with Crippen LogP contribution < -0.4 is 5.56 Å². The first kappa shape index (κ1) is 18.9. The van der Waals surface area contributed by atoms with E-state index >= 15 is 0 Å². The quantitative estimate of drug-likeness (QED) is 0.766. The van der Waals surface area contributed by atoms with Crippen LogP contribution in [-0.2, 0) is 6.54 Å². The molecule has 1 amide bonds. The molecule has 1 heterocycles. The molecule has 0 aliphatic heterocycles. The highest BCUT2D eigenvalue weighted by Crippen LogP contribution is 2.36. The van der Waals surface area contributed by atoms with Gasteiger partial charge in [-0.05, 0) is 56.1 Å². The first-order chi connectivity index (χ1) is 13.7. The van der Waals surface area contributed by atoms with E-state index in [4.69, 9.17) is 0 Å². The summed E-state index contributed by atoms with van der Waals surface area (Å²) in [5.41, 5.74) is 1.21. The summed E-state index contributed by atoms with van der Waals surface area (Å²) in [5, 5.41) is 4.44. The van der Waals surface area contributed by atoms with Gasteiger partial charge >= 0.3 is 0 Å². The van der Waals surface area contributed by atoms with Crippen LogP contribution in [0.1, 0.15) is 67.9 Å². The second-order valence-electron chi connectivity index (χ2n) is 8.23. The highest BCUT2D eigenvalue weighted by atomic mass is 16.2. The van der Waals surface area contributed by atoms with Crippen LogP contribution in [0.2, 0.25) is 0 Å². The van der Waals surface area contributed by atoms with Gasteiger partial charge < -0.3 is 4.90 Å². The van der Waals surface area contributed by atoms with E-state index < -0.39 is 0 Å². The topological polar surface area (TPSA) is 55.2 Å². The number of nitrogens with zero attached hydrogens (tertiary/aromatic N) is 3. The van der Waals surface area contributed by atoms with Crippen molar-refractivity contribution in [2.24, 2.45) is 5.92 Å². The van der Waals surface area contributed by atoms with E-state index in [9.17, 15) is 9.59 Å². The van der Waals surface area contributed by atoms with Crippen LogP contribution in [0.15, 0.2) is 47.3 Å². The summed E-state index contributed by atoms with van der Waals surface area (Å²) >= 11 is 0. The maximum Gasteiger partial charge on any atom is 0.274 e. The maximum absolute atomic E-state index is 13.3. The molecule has 5 nitrogen and oxygen atoms in total. The fraction of sp³-hybridized carbons (Fsp3) is 0.522. The van der Waals surface area contributed by atoms with Crippen LogP contribution in [0, 0.1) is 5.92 Å². The van der Waals surface area contributed by atoms with Crippen LogP contribution in [0.3, 0.4) is 0 Å². The zero-order valence-corrected chi connectivity index (χ0v) is 16.6. The third kappa shape index (κ3) is 4.18. The summed E-state index contributed by atoms with van der Waals surface area (Å²) in [6, 6.07) is 13.5. The lowest BCUT2D eigenvalue weighted by Gasteiger charge is -2.37. The van der Waals surface area contributed by atoms with E-state index in [1.54, 1.807) is 6.07 Å². The van der Waals surface area contributed by atoms with Crippen LogP contribution >= 0.6 is 0 Å². The van der Waals surface area contributed by atoms with Gasteiger partial charge in [-0.2, -0.15) is 5.10 Å². The normalized spacial score (nSPS) is 22.0. The van der Waals surface area contributed by atoms with Crippen LogP contribution in [0.4, 0.5) is 0 Å². The van der Waals surface area contributed by atoms with Gasteiger partial charge in [0, 0.05) is 18.2 Å². The molecule has 0 atom stereocenters. The first-order valence-electron chi connectivity index (χ1n) is 10.6. The summed E-state index contributed by atoms with van der Waals surface area (Å²) in [5.74, 6) is 0.794. The van der Waals surface area contributed by atoms with Gasteiger partial charge in [-0.25, -0.2) is 4.68 Å². The van der Waals surface area contributed by atoms with Crippen molar-refractivity contribution in [3.8, 4) is 0 Å². The number of aromatic nitrogens is 2. The Labute approximate surface area is 166 Å². The maximum atomic E-state index is 13.3. The Hall–Kier alpha value is -2.43. The predicted molar refractivity (Wildman–Crippen MR) is 109 cm³/mol. The van der Waals surface area contributed by atoms with Crippen molar-refractivity contribution < 1.29 is 4.79 Å². The monoisotopic (exact) mass is 379 g/mol. The van der Waals surface area contributed by atoms with E-state index in [1.165, 1.54) is 30.0 Å². The lowest BCUT2D eigenvalue weighted by Crippen LogP contribution is -2.44. The van der Waals surface area contributed by atoms with Gasteiger partial charge in [0.05, 0.1) is 6.54 Å². The second-order valence-corrected chi connectivity index (χ2v) is 8.23. The van der Waals surface area contributed by atoms with E-state index in [-0.39, 0.29) is 11.5 Å². The van der Waals surface area contributed by atoms with E-state index in [1.807, 2.05) is 30.3 Å². The lowest BCUT2D eigenvalue weighted by molar-refractivity contribution is 0.0578. The highest BCUT2D eigenvalue weighted by molar-refractivity contribution is 5.92. The molecule has 0 bridgehead atoms. The molecule has 1 aromatic carbocycles.